The van der Waals surface area contributed by atoms with Crippen LogP contribution in [0.1, 0.15) is 11.1 Å². The first-order valence-electron chi connectivity index (χ1n) is 4.09. The molecule has 0 radical (unpaired) electrons. The molecule has 1 N–H and O–H groups in total. The van der Waals surface area contributed by atoms with Gasteiger partial charge in [-0.3, -0.25) is 4.79 Å². The Morgan fingerprint density at radius 1 is 1.54 bits per heavy atom. The van der Waals surface area contributed by atoms with Gasteiger partial charge >= 0.3 is 0 Å². The van der Waals surface area contributed by atoms with E-state index in [4.69, 9.17) is 11.6 Å². The highest BCUT2D eigenvalue weighted by Gasteiger charge is 2.07. The summed E-state index contributed by atoms with van der Waals surface area (Å²) >= 11 is 5.95. The van der Waals surface area contributed by atoms with Crippen molar-refractivity contribution in [2.24, 2.45) is 0 Å². The van der Waals surface area contributed by atoms with Crippen LogP contribution in [0.3, 0.4) is 0 Å². The van der Waals surface area contributed by atoms with Crippen LogP contribution in [0.4, 0.5) is 0 Å². The summed E-state index contributed by atoms with van der Waals surface area (Å²) in [4.78, 5) is 11.1. The molecule has 0 atom stereocenters. The second-order valence-corrected chi connectivity index (χ2v) is 3.29. The quantitative estimate of drug-likeness (QED) is 0.772. The molecule has 3 heteroatoms. The van der Waals surface area contributed by atoms with Gasteiger partial charge in [0.05, 0.1) is 6.42 Å². The Labute approximate surface area is 82.9 Å². The van der Waals surface area contributed by atoms with Gasteiger partial charge < -0.3 is 5.32 Å². The lowest BCUT2D eigenvalue weighted by Crippen LogP contribution is -2.20. The SMILES string of the molecule is CNC(=O)Cc1c(C)cccc1Cl. The average molecular weight is 198 g/mol. The molecule has 0 aliphatic heterocycles. The van der Waals surface area contributed by atoms with E-state index in [0.717, 1.165) is 11.1 Å². The third kappa shape index (κ3) is 2.46. The minimum Gasteiger partial charge on any atom is -0.359 e. The van der Waals surface area contributed by atoms with Gasteiger partial charge in [0.25, 0.3) is 0 Å². The van der Waals surface area contributed by atoms with Gasteiger partial charge in [-0.1, -0.05) is 23.7 Å². The average Bonchev–Trinajstić information content (AvgIpc) is 2.11. The van der Waals surface area contributed by atoms with Crippen molar-refractivity contribution >= 4 is 17.5 Å². The van der Waals surface area contributed by atoms with Crippen molar-refractivity contribution in [3.8, 4) is 0 Å². The maximum atomic E-state index is 11.1. The topological polar surface area (TPSA) is 29.1 Å². The number of benzene rings is 1. The van der Waals surface area contributed by atoms with E-state index in [0.29, 0.717) is 11.4 Å². The van der Waals surface area contributed by atoms with Gasteiger partial charge in [0, 0.05) is 12.1 Å². The number of aryl methyl sites for hydroxylation is 1. The fraction of sp³-hybridized carbons (Fsp3) is 0.300. The molecule has 1 aromatic carbocycles. The predicted molar refractivity (Wildman–Crippen MR) is 54.0 cm³/mol. The first-order valence-corrected chi connectivity index (χ1v) is 4.47. The molecule has 13 heavy (non-hydrogen) atoms. The molecule has 0 unspecified atom stereocenters. The summed E-state index contributed by atoms with van der Waals surface area (Å²) in [6, 6.07) is 5.63. The summed E-state index contributed by atoms with van der Waals surface area (Å²) in [6.07, 6.45) is 0.349. The summed E-state index contributed by atoms with van der Waals surface area (Å²) in [5.74, 6) is -0.0174. The van der Waals surface area contributed by atoms with Crippen molar-refractivity contribution in [1.29, 1.82) is 0 Å². The van der Waals surface area contributed by atoms with Crippen LogP contribution in [0.15, 0.2) is 18.2 Å². The van der Waals surface area contributed by atoms with E-state index in [-0.39, 0.29) is 5.91 Å². The zero-order valence-corrected chi connectivity index (χ0v) is 8.48. The Bertz CT molecular complexity index is 302. The maximum Gasteiger partial charge on any atom is 0.224 e. The summed E-state index contributed by atoms with van der Waals surface area (Å²) in [5.41, 5.74) is 1.96. The zero-order valence-electron chi connectivity index (χ0n) is 7.73. The molecule has 0 saturated heterocycles. The molecule has 70 valence electrons. The van der Waals surface area contributed by atoms with Gasteiger partial charge in [-0.15, -0.1) is 0 Å². The van der Waals surface area contributed by atoms with Crippen molar-refractivity contribution in [2.75, 3.05) is 7.05 Å². The van der Waals surface area contributed by atoms with Crippen molar-refractivity contribution in [2.45, 2.75) is 13.3 Å². The molecule has 0 heterocycles. The molecule has 0 spiro atoms. The highest BCUT2D eigenvalue weighted by atomic mass is 35.5. The maximum absolute atomic E-state index is 11.1. The van der Waals surface area contributed by atoms with Crippen LogP contribution in [-0.2, 0) is 11.2 Å². The molecule has 0 aliphatic carbocycles. The van der Waals surface area contributed by atoms with E-state index in [1.54, 1.807) is 13.1 Å². The van der Waals surface area contributed by atoms with Crippen LogP contribution >= 0.6 is 11.6 Å². The van der Waals surface area contributed by atoms with Crippen LogP contribution in [0, 0.1) is 6.92 Å². The van der Waals surface area contributed by atoms with E-state index in [1.807, 2.05) is 19.1 Å². The Balaban J connectivity index is 2.93. The first kappa shape index (κ1) is 10.1. The lowest BCUT2D eigenvalue weighted by Gasteiger charge is -2.06. The summed E-state index contributed by atoms with van der Waals surface area (Å²) in [7, 11) is 1.62. The number of carbonyl (C=O) groups is 1. The van der Waals surface area contributed by atoms with Crippen molar-refractivity contribution < 1.29 is 4.79 Å². The Hall–Kier alpha value is -1.02. The van der Waals surface area contributed by atoms with E-state index < -0.39 is 0 Å². The summed E-state index contributed by atoms with van der Waals surface area (Å²) in [5, 5.41) is 3.23. The van der Waals surface area contributed by atoms with E-state index in [9.17, 15) is 4.79 Å². The molecule has 0 aromatic heterocycles. The van der Waals surface area contributed by atoms with Crippen molar-refractivity contribution in [3.05, 3.63) is 34.3 Å². The molecule has 1 rings (SSSR count). The minimum atomic E-state index is -0.0174. The molecule has 2 nitrogen and oxygen atoms in total. The largest absolute Gasteiger partial charge is 0.359 e. The summed E-state index contributed by atoms with van der Waals surface area (Å²) in [6.45, 7) is 1.95. The Morgan fingerprint density at radius 2 is 2.23 bits per heavy atom. The number of amides is 1. The van der Waals surface area contributed by atoms with Crippen molar-refractivity contribution in [3.63, 3.8) is 0 Å². The molecular weight excluding hydrogens is 186 g/mol. The third-order valence-electron chi connectivity index (χ3n) is 1.97. The van der Waals surface area contributed by atoms with E-state index >= 15 is 0 Å². The Morgan fingerprint density at radius 3 is 2.77 bits per heavy atom. The molecule has 1 amide bonds. The molecule has 0 saturated carbocycles. The number of hydrogen-bond acceptors (Lipinski definition) is 1. The number of carbonyl (C=O) groups excluding carboxylic acids is 1. The van der Waals surface area contributed by atoms with Crippen molar-refractivity contribution in [1.82, 2.24) is 5.32 Å². The normalized spacial score (nSPS) is 9.77. The second kappa shape index (κ2) is 4.28. The number of halogens is 1. The van der Waals surface area contributed by atoms with E-state index in [1.165, 1.54) is 0 Å². The van der Waals surface area contributed by atoms with Crippen LogP contribution in [-0.4, -0.2) is 13.0 Å². The first-order chi connectivity index (χ1) is 6.15. The third-order valence-corrected chi connectivity index (χ3v) is 2.32. The molecule has 1 aromatic rings. The van der Waals surface area contributed by atoms with Gasteiger partial charge in [0.15, 0.2) is 0 Å². The number of nitrogens with one attached hydrogen (secondary N) is 1. The van der Waals surface area contributed by atoms with Crippen LogP contribution in [0.5, 0.6) is 0 Å². The highest BCUT2D eigenvalue weighted by molar-refractivity contribution is 6.31. The minimum absolute atomic E-state index is 0.0174. The highest BCUT2D eigenvalue weighted by Crippen LogP contribution is 2.19. The molecule has 0 aliphatic rings. The zero-order chi connectivity index (χ0) is 9.84. The van der Waals surface area contributed by atoms with Gasteiger partial charge in [0.1, 0.15) is 0 Å². The fourth-order valence-corrected chi connectivity index (χ4v) is 1.43. The van der Waals surface area contributed by atoms with Crippen LogP contribution in [0.2, 0.25) is 5.02 Å². The second-order valence-electron chi connectivity index (χ2n) is 2.89. The monoisotopic (exact) mass is 197 g/mol. The van der Waals surface area contributed by atoms with Crippen LogP contribution < -0.4 is 5.32 Å². The molecular formula is C10H12ClNO. The lowest BCUT2D eigenvalue weighted by atomic mass is 10.1. The van der Waals surface area contributed by atoms with Gasteiger partial charge in [0.2, 0.25) is 5.91 Å². The summed E-state index contributed by atoms with van der Waals surface area (Å²) < 4.78 is 0. The number of likely N-dealkylation sites (N-methyl/N-ethyl adjacent to an activating group) is 1. The Kier molecular flexibility index (Phi) is 3.32. The number of rotatable bonds is 2. The predicted octanol–water partition coefficient (Wildman–Crippen LogP) is 1.94. The molecule has 0 bridgehead atoms. The molecule has 0 fully saturated rings. The van der Waals surface area contributed by atoms with Gasteiger partial charge in [-0.25, -0.2) is 0 Å². The smallest absolute Gasteiger partial charge is 0.224 e. The van der Waals surface area contributed by atoms with Gasteiger partial charge in [-0.2, -0.15) is 0 Å². The number of hydrogen-bond donors (Lipinski definition) is 1. The lowest BCUT2D eigenvalue weighted by molar-refractivity contribution is -0.119. The van der Waals surface area contributed by atoms with Crippen LogP contribution in [0.25, 0.3) is 0 Å². The van der Waals surface area contributed by atoms with Gasteiger partial charge in [-0.05, 0) is 24.1 Å². The van der Waals surface area contributed by atoms with E-state index in [2.05, 4.69) is 5.32 Å². The standard InChI is InChI=1S/C10H12ClNO/c1-7-4-3-5-9(11)8(7)6-10(13)12-2/h3-5H,6H2,1-2H3,(H,12,13). The fourth-order valence-electron chi connectivity index (χ4n) is 1.14.